The Morgan fingerprint density at radius 3 is 3.00 bits per heavy atom. The van der Waals surface area contributed by atoms with Gasteiger partial charge in [0, 0.05) is 19.6 Å². The summed E-state index contributed by atoms with van der Waals surface area (Å²) < 4.78 is 10.3. The third-order valence-corrected chi connectivity index (χ3v) is 3.50. The Balaban J connectivity index is 1.91. The molecule has 1 saturated heterocycles. The predicted octanol–water partition coefficient (Wildman–Crippen LogP) is 1.76. The highest BCUT2D eigenvalue weighted by molar-refractivity contribution is 5.69. The molecule has 0 amide bonds. The highest BCUT2D eigenvalue weighted by atomic mass is 16.5. The minimum absolute atomic E-state index is 0.0507. The fourth-order valence-electron chi connectivity index (χ4n) is 2.35. The molecule has 0 radical (unpaired) electrons. The maximum Gasteiger partial charge on any atom is 0.308 e. The molecular formula is C15H21NO3. The van der Waals surface area contributed by atoms with Crippen molar-refractivity contribution in [2.75, 3.05) is 26.8 Å². The molecule has 104 valence electrons. The molecule has 0 aliphatic carbocycles. The average molecular weight is 263 g/mol. The average Bonchev–Trinajstić information content (AvgIpc) is 2.42. The third kappa shape index (κ3) is 4.04. The number of esters is 1. The molecule has 1 aromatic carbocycles. The van der Waals surface area contributed by atoms with Crippen LogP contribution in [-0.4, -0.2) is 43.8 Å². The molecule has 1 atom stereocenters. The largest absolute Gasteiger partial charge is 0.469 e. The van der Waals surface area contributed by atoms with Gasteiger partial charge in [0.1, 0.15) is 0 Å². The zero-order valence-corrected chi connectivity index (χ0v) is 11.6. The van der Waals surface area contributed by atoms with E-state index in [0.29, 0.717) is 13.0 Å². The highest BCUT2D eigenvalue weighted by Gasteiger charge is 2.23. The SMILES string of the molecule is COC(=O)CC1CN(Cc2ccccc2C)CCO1. The summed E-state index contributed by atoms with van der Waals surface area (Å²) >= 11 is 0. The Kier molecular flexibility index (Phi) is 4.93. The van der Waals surface area contributed by atoms with E-state index in [0.717, 1.165) is 19.6 Å². The van der Waals surface area contributed by atoms with Gasteiger partial charge in [-0.2, -0.15) is 0 Å². The normalized spacial score (nSPS) is 20.2. The molecule has 0 saturated carbocycles. The first-order valence-corrected chi connectivity index (χ1v) is 6.64. The van der Waals surface area contributed by atoms with E-state index in [4.69, 9.17) is 4.74 Å². The summed E-state index contributed by atoms with van der Waals surface area (Å²) in [7, 11) is 1.41. The Morgan fingerprint density at radius 2 is 2.26 bits per heavy atom. The molecule has 1 aromatic rings. The number of aryl methyl sites for hydroxylation is 1. The number of methoxy groups -OCH3 is 1. The topological polar surface area (TPSA) is 38.8 Å². The molecule has 0 N–H and O–H groups in total. The number of carbonyl (C=O) groups excluding carboxylic acids is 1. The molecular weight excluding hydrogens is 242 g/mol. The third-order valence-electron chi connectivity index (χ3n) is 3.50. The number of carbonyl (C=O) groups is 1. The Bertz CT molecular complexity index is 433. The maximum atomic E-state index is 11.3. The lowest BCUT2D eigenvalue weighted by Crippen LogP contribution is -2.43. The molecule has 4 nitrogen and oxygen atoms in total. The summed E-state index contributed by atoms with van der Waals surface area (Å²) in [4.78, 5) is 13.6. The van der Waals surface area contributed by atoms with Crippen molar-refractivity contribution in [3.8, 4) is 0 Å². The minimum Gasteiger partial charge on any atom is -0.469 e. The smallest absolute Gasteiger partial charge is 0.308 e. The highest BCUT2D eigenvalue weighted by Crippen LogP contribution is 2.15. The fourth-order valence-corrected chi connectivity index (χ4v) is 2.35. The van der Waals surface area contributed by atoms with E-state index >= 15 is 0 Å². The number of nitrogens with zero attached hydrogens (tertiary/aromatic N) is 1. The second-order valence-corrected chi connectivity index (χ2v) is 4.93. The van der Waals surface area contributed by atoms with Crippen LogP contribution in [0.1, 0.15) is 17.5 Å². The number of hydrogen-bond acceptors (Lipinski definition) is 4. The van der Waals surface area contributed by atoms with Gasteiger partial charge in [-0.3, -0.25) is 9.69 Å². The molecule has 1 heterocycles. The van der Waals surface area contributed by atoms with Gasteiger partial charge < -0.3 is 9.47 Å². The summed E-state index contributed by atoms with van der Waals surface area (Å²) in [5.74, 6) is -0.206. The van der Waals surface area contributed by atoms with Gasteiger partial charge in [-0.1, -0.05) is 24.3 Å². The van der Waals surface area contributed by atoms with Crippen LogP contribution in [0.25, 0.3) is 0 Å². The standard InChI is InChI=1S/C15H21NO3/c1-12-5-3-4-6-13(12)10-16-7-8-19-14(11-16)9-15(17)18-2/h3-6,14H,7-11H2,1-2H3. The molecule has 1 unspecified atom stereocenters. The Labute approximate surface area is 114 Å². The van der Waals surface area contributed by atoms with Crippen molar-refractivity contribution in [2.45, 2.75) is 26.0 Å². The Hall–Kier alpha value is -1.39. The number of benzene rings is 1. The molecule has 1 aliphatic rings. The van der Waals surface area contributed by atoms with Crippen molar-refractivity contribution in [2.24, 2.45) is 0 Å². The Morgan fingerprint density at radius 1 is 1.47 bits per heavy atom. The second-order valence-electron chi connectivity index (χ2n) is 4.93. The van der Waals surface area contributed by atoms with Crippen molar-refractivity contribution in [3.63, 3.8) is 0 Å². The van der Waals surface area contributed by atoms with Crippen LogP contribution in [0.15, 0.2) is 24.3 Å². The first-order valence-electron chi connectivity index (χ1n) is 6.64. The van der Waals surface area contributed by atoms with Gasteiger partial charge >= 0.3 is 5.97 Å². The van der Waals surface area contributed by atoms with Crippen molar-refractivity contribution < 1.29 is 14.3 Å². The monoisotopic (exact) mass is 263 g/mol. The van der Waals surface area contributed by atoms with Crippen LogP contribution in [0.2, 0.25) is 0 Å². The fraction of sp³-hybridized carbons (Fsp3) is 0.533. The molecule has 2 rings (SSSR count). The zero-order valence-electron chi connectivity index (χ0n) is 11.6. The van der Waals surface area contributed by atoms with E-state index < -0.39 is 0 Å². The quantitative estimate of drug-likeness (QED) is 0.776. The van der Waals surface area contributed by atoms with Gasteiger partial charge in [-0.05, 0) is 18.1 Å². The summed E-state index contributed by atoms with van der Waals surface area (Å²) in [5.41, 5.74) is 2.64. The first-order chi connectivity index (χ1) is 9.19. The van der Waals surface area contributed by atoms with Gasteiger partial charge in [0.05, 0.1) is 26.2 Å². The zero-order chi connectivity index (χ0) is 13.7. The van der Waals surface area contributed by atoms with Gasteiger partial charge in [0.2, 0.25) is 0 Å². The molecule has 1 fully saturated rings. The van der Waals surface area contributed by atoms with Gasteiger partial charge in [0.15, 0.2) is 0 Å². The maximum absolute atomic E-state index is 11.3. The van der Waals surface area contributed by atoms with E-state index in [1.54, 1.807) is 0 Å². The molecule has 4 heteroatoms. The number of hydrogen-bond donors (Lipinski definition) is 0. The van der Waals surface area contributed by atoms with Crippen LogP contribution in [0.5, 0.6) is 0 Å². The number of rotatable bonds is 4. The van der Waals surface area contributed by atoms with Crippen LogP contribution in [0.4, 0.5) is 0 Å². The lowest BCUT2D eigenvalue weighted by Gasteiger charge is -2.32. The van der Waals surface area contributed by atoms with E-state index in [9.17, 15) is 4.79 Å². The minimum atomic E-state index is -0.206. The van der Waals surface area contributed by atoms with Crippen LogP contribution in [-0.2, 0) is 20.8 Å². The van der Waals surface area contributed by atoms with Crippen LogP contribution in [0, 0.1) is 6.92 Å². The van der Waals surface area contributed by atoms with Crippen molar-refractivity contribution >= 4 is 5.97 Å². The van der Waals surface area contributed by atoms with Crippen LogP contribution in [0.3, 0.4) is 0 Å². The van der Waals surface area contributed by atoms with Gasteiger partial charge in [-0.25, -0.2) is 0 Å². The lowest BCUT2D eigenvalue weighted by atomic mass is 10.1. The van der Waals surface area contributed by atoms with Crippen LogP contribution >= 0.6 is 0 Å². The van der Waals surface area contributed by atoms with E-state index in [2.05, 4.69) is 40.8 Å². The summed E-state index contributed by atoms with van der Waals surface area (Å²) in [5, 5.41) is 0. The van der Waals surface area contributed by atoms with Crippen molar-refractivity contribution in [1.29, 1.82) is 0 Å². The van der Waals surface area contributed by atoms with Crippen molar-refractivity contribution in [3.05, 3.63) is 35.4 Å². The van der Waals surface area contributed by atoms with E-state index in [1.807, 2.05) is 0 Å². The molecule has 19 heavy (non-hydrogen) atoms. The van der Waals surface area contributed by atoms with Gasteiger partial charge in [0.25, 0.3) is 0 Å². The molecule has 1 aliphatic heterocycles. The number of morpholine rings is 1. The summed E-state index contributed by atoms with van der Waals surface area (Å²) in [6.07, 6.45) is 0.283. The van der Waals surface area contributed by atoms with Crippen molar-refractivity contribution in [1.82, 2.24) is 4.90 Å². The first kappa shape index (κ1) is 14.0. The summed E-state index contributed by atoms with van der Waals surface area (Å²) in [6, 6.07) is 8.40. The van der Waals surface area contributed by atoms with Gasteiger partial charge in [-0.15, -0.1) is 0 Å². The predicted molar refractivity (Wildman–Crippen MR) is 72.8 cm³/mol. The molecule has 0 aromatic heterocycles. The lowest BCUT2D eigenvalue weighted by molar-refractivity contribution is -0.145. The summed E-state index contributed by atoms with van der Waals surface area (Å²) in [6.45, 7) is 5.40. The molecule has 0 bridgehead atoms. The van der Waals surface area contributed by atoms with Crippen LogP contribution < -0.4 is 0 Å². The van der Waals surface area contributed by atoms with E-state index in [-0.39, 0.29) is 12.1 Å². The molecule has 0 spiro atoms. The number of ether oxygens (including phenoxy) is 2. The second kappa shape index (κ2) is 6.68. The van der Waals surface area contributed by atoms with E-state index in [1.165, 1.54) is 18.2 Å².